The summed E-state index contributed by atoms with van der Waals surface area (Å²) in [6.07, 6.45) is 3.03. The monoisotopic (exact) mass is 491 g/mol. The molecule has 1 aromatic heterocycles. The zero-order chi connectivity index (χ0) is 18.6. The number of hydrogen-bond acceptors (Lipinski definition) is 5. The van der Waals surface area contributed by atoms with Crippen molar-refractivity contribution in [1.82, 2.24) is 20.1 Å². The molecule has 27 heavy (non-hydrogen) atoms. The van der Waals surface area contributed by atoms with Crippen molar-refractivity contribution in [2.45, 2.75) is 39.2 Å². The molecule has 8 heteroatoms. The van der Waals surface area contributed by atoms with E-state index in [-0.39, 0.29) is 29.4 Å². The van der Waals surface area contributed by atoms with Gasteiger partial charge in [-0.25, -0.2) is 4.98 Å². The molecule has 2 saturated heterocycles. The van der Waals surface area contributed by atoms with Crippen LogP contribution in [0.1, 0.15) is 38.8 Å². The van der Waals surface area contributed by atoms with E-state index in [0.717, 1.165) is 57.7 Å². The van der Waals surface area contributed by atoms with E-state index in [9.17, 15) is 0 Å². The molecule has 0 aliphatic carbocycles. The van der Waals surface area contributed by atoms with Gasteiger partial charge in [0.25, 0.3) is 0 Å². The van der Waals surface area contributed by atoms with Crippen LogP contribution >= 0.6 is 24.0 Å². The number of piperazine rings is 1. The maximum Gasteiger partial charge on any atom is 0.213 e. The molecule has 2 aliphatic heterocycles. The van der Waals surface area contributed by atoms with E-state index in [4.69, 9.17) is 9.15 Å². The number of hydrogen-bond donors (Lipinski definition) is 1. The second-order valence-corrected chi connectivity index (χ2v) is 8.29. The van der Waals surface area contributed by atoms with Gasteiger partial charge in [-0.05, 0) is 12.3 Å². The quantitative estimate of drug-likeness (QED) is 0.396. The average molecular weight is 491 g/mol. The Morgan fingerprint density at radius 3 is 2.59 bits per heavy atom. The number of nitrogens with zero attached hydrogens (tertiary/aromatic N) is 4. The molecular formula is C19H34IN5O2. The Labute approximate surface area is 179 Å². The highest BCUT2D eigenvalue weighted by Crippen LogP contribution is 2.22. The van der Waals surface area contributed by atoms with E-state index < -0.39 is 0 Å². The van der Waals surface area contributed by atoms with Gasteiger partial charge in [0.05, 0.1) is 19.3 Å². The first-order valence-electron chi connectivity index (χ1n) is 9.66. The van der Waals surface area contributed by atoms with Crippen LogP contribution in [0.25, 0.3) is 0 Å². The molecule has 3 rings (SSSR count). The van der Waals surface area contributed by atoms with Gasteiger partial charge in [-0.15, -0.1) is 24.0 Å². The molecular weight excluding hydrogens is 457 g/mol. The summed E-state index contributed by atoms with van der Waals surface area (Å²) in [6.45, 7) is 14.1. The van der Waals surface area contributed by atoms with Crippen LogP contribution in [-0.2, 0) is 16.7 Å². The number of ether oxygens (including phenoxy) is 1. The highest BCUT2D eigenvalue weighted by atomic mass is 127. The molecule has 1 aromatic rings. The highest BCUT2D eigenvalue weighted by Gasteiger charge is 2.24. The number of oxazole rings is 1. The lowest BCUT2D eigenvalue weighted by Crippen LogP contribution is -2.53. The fraction of sp³-hybridized carbons (Fsp3) is 0.789. The van der Waals surface area contributed by atoms with Crippen LogP contribution in [0.4, 0.5) is 0 Å². The zero-order valence-corrected chi connectivity index (χ0v) is 19.4. The van der Waals surface area contributed by atoms with Crippen molar-refractivity contribution in [2.75, 3.05) is 53.0 Å². The van der Waals surface area contributed by atoms with Gasteiger partial charge in [-0.1, -0.05) is 20.8 Å². The number of rotatable bonds is 4. The van der Waals surface area contributed by atoms with E-state index in [1.54, 1.807) is 0 Å². The second-order valence-electron chi connectivity index (χ2n) is 8.29. The maximum absolute atomic E-state index is 5.85. The van der Waals surface area contributed by atoms with E-state index in [1.165, 1.54) is 6.42 Å². The highest BCUT2D eigenvalue weighted by molar-refractivity contribution is 14.0. The first kappa shape index (κ1) is 22.4. The van der Waals surface area contributed by atoms with Gasteiger partial charge in [0.15, 0.2) is 5.96 Å². The van der Waals surface area contributed by atoms with Crippen LogP contribution in [-0.4, -0.2) is 73.7 Å². The van der Waals surface area contributed by atoms with Gasteiger partial charge in [0.1, 0.15) is 5.76 Å². The molecule has 3 heterocycles. The summed E-state index contributed by atoms with van der Waals surface area (Å²) in [5, 5.41) is 3.39. The lowest BCUT2D eigenvalue weighted by atomic mass is 9.94. The normalized spacial score (nSPS) is 22.0. The molecule has 154 valence electrons. The van der Waals surface area contributed by atoms with Crippen molar-refractivity contribution in [2.24, 2.45) is 10.9 Å². The summed E-state index contributed by atoms with van der Waals surface area (Å²) in [4.78, 5) is 13.7. The minimum absolute atomic E-state index is 0. The molecule has 1 atom stereocenters. The Balaban J connectivity index is 0.00000261. The minimum atomic E-state index is -0.0202. The smallest absolute Gasteiger partial charge is 0.213 e. The summed E-state index contributed by atoms with van der Waals surface area (Å²) in [7, 11) is 1.83. The Hall–Kier alpha value is -0.870. The SMILES string of the molecule is CN=C(NCc1ncc(C(C)(C)C)o1)N1CCN(CC2CCOC2)CC1.I. The van der Waals surface area contributed by atoms with E-state index in [2.05, 4.69) is 45.9 Å². The van der Waals surface area contributed by atoms with Gasteiger partial charge in [-0.2, -0.15) is 0 Å². The Kier molecular flexibility index (Phi) is 8.36. The van der Waals surface area contributed by atoms with Crippen LogP contribution in [0.3, 0.4) is 0 Å². The number of aliphatic imine (C=N–C) groups is 1. The molecule has 2 fully saturated rings. The molecule has 0 saturated carbocycles. The molecule has 0 amide bonds. The summed E-state index contributed by atoms with van der Waals surface area (Å²) < 4.78 is 11.3. The van der Waals surface area contributed by atoms with Crippen molar-refractivity contribution in [3.8, 4) is 0 Å². The lowest BCUT2D eigenvalue weighted by molar-refractivity contribution is 0.139. The van der Waals surface area contributed by atoms with Crippen LogP contribution < -0.4 is 5.32 Å². The van der Waals surface area contributed by atoms with E-state index >= 15 is 0 Å². The second kappa shape index (κ2) is 10.1. The number of guanidine groups is 1. The third kappa shape index (κ3) is 6.32. The molecule has 1 unspecified atom stereocenters. The molecule has 7 nitrogen and oxygen atoms in total. The van der Waals surface area contributed by atoms with Crippen molar-refractivity contribution >= 4 is 29.9 Å². The van der Waals surface area contributed by atoms with Gasteiger partial charge in [0, 0.05) is 51.8 Å². The van der Waals surface area contributed by atoms with Crippen molar-refractivity contribution in [3.63, 3.8) is 0 Å². The number of halogens is 1. The fourth-order valence-electron chi connectivity index (χ4n) is 3.46. The van der Waals surface area contributed by atoms with Gasteiger partial charge in [0.2, 0.25) is 5.89 Å². The third-order valence-electron chi connectivity index (χ3n) is 5.11. The van der Waals surface area contributed by atoms with Crippen molar-refractivity contribution in [1.29, 1.82) is 0 Å². The first-order valence-corrected chi connectivity index (χ1v) is 9.66. The van der Waals surface area contributed by atoms with Crippen molar-refractivity contribution < 1.29 is 9.15 Å². The fourth-order valence-corrected chi connectivity index (χ4v) is 3.46. The largest absolute Gasteiger partial charge is 0.443 e. The van der Waals surface area contributed by atoms with E-state index in [1.807, 2.05) is 13.2 Å². The molecule has 2 aliphatic rings. The predicted octanol–water partition coefficient (Wildman–Crippen LogP) is 2.32. The van der Waals surface area contributed by atoms with E-state index in [0.29, 0.717) is 18.4 Å². The Morgan fingerprint density at radius 1 is 1.30 bits per heavy atom. The minimum Gasteiger partial charge on any atom is -0.443 e. The summed E-state index contributed by atoms with van der Waals surface area (Å²) in [5.41, 5.74) is -0.0202. The molecule has 1 N–H and O–H groups in total. The van der Waals surface area contributed by atoms with Gasteiger partial charge >= 0.3 is 0 Å². The molecule has 0 radical (unpaired) electrons. The van der Waals surface area contributed by atoms with Crippen LogP contribution in [0.15, 0.2) is 15.6 Å². The topological polar surface area (TPSA) is 66.1 Å². The molecule has 0 bridgehead atoms. The zero-order valence-electron chi connectivity index (χ0n) is 17.0. The van der Waals surface area contributed by atoms with Gasteiger partial charge in [-0.3, -0.25) is 9.89 Å². The molecule has 0 spiro atoms. The third-order valence-corrected chi connectivity index (χ3v) is 5.11. The number of nitrogens with one attached hydrogen (secondary N) is 1. The Bertz CT molecular complexity index is 599. The lowest BCUT2D eigenvalue weighted by Gasteiger charge is -2.37. The average Bonchev–Trinajstić information content (AvgIpc) is 3.28. The summed E-state index contributed by atoms with van der Waals surface area (Å²) in [6, 6.07) is 0. The summed E-state index contributed by atoms with van der Waals surface area (Å²) in [5.74, 6) is 3.25. The van der Waals surface area contributed by atoms with Gasteiger partial charge < -0.3 is 19.4 Å². The molecule has 0 aromatic carbocycles. The standard InChI is InChI=1S/C19H33N5O2.HI/c1-19(2,3)16-11-21-17(26-16)12-22-18(20-4)24-8-6-23(7-9-24)13-15-5-10-25-14-15;/h11,15H,5-10,12-14H2,1-4H3,(H,20,22);1H. The first-order chi connectivity index (χ1) is 12.5. The maximum atomic E-state index is 5.85. The number of aromatic nitrogens is 1. The Morgan fingerprint density at radius 2 is 2.04 bits per heavy atom. The van der Waals surface area contributed by atoms with Crippen LogP contribution in [0.5, 0.6) is 0 Å². The van der Waals surface area contributed by atoms with Crippen molar-refractivity contribution in [3.05, 3.63) is 17.8 Å². The van der Waals surface area contributed by atoms with Crippen LogP contribution in [0, 0.1) is 5.92 Å². The van der Waals surface area contributed by atoms with Crippen LogP contribution in [0.2, 0.25) is 0 Å². The predicted molar refractivity (Wildman–Crippen MR) is 118 cm³/mol. The summed E-state index contributed by atoms with van der Waals surface area (Å²) >= 11 is 0.